The molecule has 27 heavy (non-hydrogen) atoms. The van der Waals surface area contributed by atoms with Gasteiger partial charge in [0.15, 0.2) is 5.58 Å². The van der Waals surface area contributed by atoms with Crippen molar-refractivity contribution >= 4 is 11.1 Å². The molecule has 0 radical (unpaired) electrons. The summed E-state index contributed by atoms with van der Waals surface area (Å²) in [5.41, 5.74) is 1.50. The first kappa shape index (κ1) is 17.9. The summed E-state index contributed by atoms with van der Waals surface area (Å²) >= 11 is 0. The van der Waals surface area contributed by atoms with Crippen molar-refractivity contribution in [1.29, 1.82) is 0 Å². The second kappa shape index (κ2) is 8.91. The average Bonchev–Trinajstić information content (AvgIpc) is 3.12. The molecule has 0 atom stereocenters. The molecule has 4 rings (SSSR count). The van der Waals surface area contributed by atoms with Crippen LogP contribution in [0.4, 0.5) is 0 Å². The van der Waals surface area contributed by atoms with Crippen LogP contribution >= 0.6 is 0 Å². The van der Waals surface area contributed by atoms with E-state index >= 15 is 0 Å². The topological polar surface area (TPSA) is 56.5 Å². The van der Waals surface area contributed by atoms with Crippen LogP contribution in [0, 0.1) is 5.92 Å². The Morgan fingerprint density at radius 3 is 2.56 bits per heavy atom. The summed E-state index contributed by atoms with van der Waals surface area (Å²) in [5.74, 6) is 2.35. The maximum absolute atomic E-state index is 5.79. The fraction of sp³-hybridized carbons (Fsp3) is 0.409. The Hall–Kier alpha value is -2.53. The van der Waals surface area contributed by atoms with Crippen molar-refractivity contribution in [3.05, 3.63) is 48.5 Å². The quantitative estimate of drug-likeness (QED) is 0.558. The fourth-order valence-corrected chi connectivity index (χ4v) is 3.54. The van der Waals surface area contributed by atoms with E-state index in [2.05, 4.69) is 10.3 Å². The van der Waals surface area contributed by atoms with Crippen LogP contribution in [0.3, 0.4) is 0 Å². The minimum Gasteiger partial charge on any atom is -0.492 e. The largest absolute Gasteiger partial charge is 0.492 e. The number of benzene rings is 2. The molecule has 1 saturated carbocycles. The first-order valence-corrected chi connectivity index (χ1v) is 9.84. The van der Waals surface area contributed by atoms with Gasteiger partial charge in [-0.3, -0.25) is 0 Å². The van der Waals surface area contributed by atoms with Crippen LogP contribution in [0.2, 0.25) is 0 Å². The van der Waals surface area contributed by atoms with Gasteiger partial charge in [-0.2, -0.15) is 4.98 Å². The molecule has 3 aromatic rings. The highest BCUT2D eigenvalue weighted by atomic mass is 16.6. The van der Waals surface area contributed by atoms with Crippen LogP contribution in [-0.4, -0.2) is 24.7 Å². The van der Waals surface area contributed by atoms with Crippen LogP contribution in [0.15, 0.2) is 52.9 Å². The SMILES string of the molecule is c1ccc2oc(Oc3ccc(OCCNCC4CCCCC4)cc3)nc2c1. The van der Waals surface area contributed by atoms with Gasteiger partial charge in [-0.1, -0.05) is 31.4 Å². The summed E-state index contributed by atoms with van der Waals surface area (Å²) < 4.78 is 17.0. The lowest BCUT2D eigenvalue weighted by Gasteiger charge is -2.21. The lowest BCUT2D eigenvalue weighted by atomic mass is 9.89. The van der Waals surface area contributed by atoms with Crippen LogP contribution in [0.5, 0.6) is 17.6 Å². The first-order chi connectivity index (χ1) is 13.4. The van der Waals surface area contributed by atoms with Crippen molar-refractivity contribution in [3.63, 3.8) is 0 Å². The molecular weight excluding hydrogens is 340 g/mol. The second-order valence-corrected chi connectivity index (χ2v) is 7.08. The van der Waals surface area contributed by atoms with Crippen molar-refractivity contribution in [1.82, 2.24) is 10.3 Å². The summed E-state index contributed by atoms with van der Waals surface area (Å²) in [6.45, 7) is 2.65. The van der Waals surface area contributed by atoms with E-state index in [4.69, 9.17) is 13.9 Å². The molecule has 0 aliphatic heterocycles. The average molecular weight is 366 g/mol. The Morgan fingerprint density at radius 2 is 1.74 bits per heavy atom. The highest BCUT2D eigenvalue weighted by molar-refractivity contribution is 5.72. The Bertz CT molecular complexity index is 805. The first-order valence-electron chi connectivity index (χ1n) is 9.84. The molecule has 0 unspecified atom stereocenters. The van der Waals surface area contributed by atoms with E-state index in [1.54, 1.807) is 0 Å². The minimum absolute atomic E-state index is 0.247. The van der Waals surface area contributed by atoms with E-state index in [1.165, 1.54) is 32.1 Å². The number of fused-ring (bicyclic) bond motifs is 1. The molecule has 0 saturated heterocycles. The molecule has 0 amide bonds. The molecule has 0 spiro atoms. The fourth-order valence-electron chi connectivity index (χ4n) is 3.54. The van der Waals surface area contributed by atoms with Gasteiger partial charge in [0, 0.05) is 6.54 Å². The molecule has 1 aliphatic rings. The number of hydrogen-bond donors (Lipinski definition) is 1. The van der Waals surface area contributed by atoms with Gasteiger partial charge in [0.2, 0.25) is 0 Å². The molecule has 2 aromatic carbocycles. The third-order valence-electron chi connectivity index (χ3n) is 5.01. The molecule has 0 bridgehead atoms. The maximum Gasteiger partial charge on any atom is 0.400 e. The second-order valence-electron chi connectivity index (χ2n) is 7.08. The monoisotopic (exact) mass is 366 g/mol. The van der Waals surface area contributed by atoms with Gasteiger partial charge in [0.1, 0.15) is 23.6 Å². The van der Waals surface area contributed by atoms with Gasteiger partial charge in [-0.05, 0) is 61.7 Å². The van der Waals surface area contributed by atoms with E-state index < -0.39 is 0 Å². The number of ether oxygens (including phenoxy) is 2. The Labute approximate surface area is 159 Å². The van der Waals surface area contributed by atoms with Crippen molar-refractivity contribution < 1.29 is 13.9 Å². The van der Waals surface area contributed by atoms with Crippen LogP contribution < -0.4 is 14.8 Å². The van der Waals surface area contributed by atoms with Crippen LogP contribution in [0.25, 0.3) is 11.1 Å². The van der Waals surface area contributed by atoms with Crippen molar-refractivity contribution in [2.45, 2.75) is 32.1 Å². The van der Waals surface area contributed by atoms with Gasteiger partial charge in [0.05, 0.1) is 0 Å². The van der Waals surface area contributed by atoms with Crippen LogP contribution in [0.1, 0.15) is 32.1 Å². The van der Waals surface area contributed by atoms with Gasteiger partial charge >= 0.3 is 6.08 Å². The molecule has 142 valence electrons. The number of rotatable bonds is 8. The molecule has 5 nitrogen and oxygen atoms in total. The van der Waals surface area contributed by atoms with Crippen molar-refractivity contribution in [2.75, 3.05) is 19.7 Å². The van der Waals surface area contributed by atoms with Gasteiger partial charge < -0.3 is 19.2 Å². The van der Waals surface area contributed by atoms with Gasteiger partial charge in [0.25, 0.3) is 0 Å². The van der Waals surface area contributed by atoms with E-state index in [-0.39, 0.29) is 6.08 Å². The van der Waals surface area contributed by atoms with Crippen molar-refractivity contribution in [2.24, 2.45) is 5.92 Å². The number of oxazole rings is 1. The molecule has 1 N–H and O–H groups in total. The summed E-state index contributed by atoms with van der Waals surface area (Å²) in [7, 11) is 0. The normalized spacial score (nSPS) is 15.1. The third kappa shape index (κ3) is 5.01. The Kier molecular flexibility index (Phi) is 5.89. The van der Waals surface area contributed by atoms with E-state index in [0.29, 0.717) is 17.9 Å². The molecule has 1 aromatic heterocycles. The number of aromatic nitrogens is 1. The van der Waals surface area contributed by atoms with E-state index in [9.17, 15) is 0 Å². The Balaban J connectivity index is 1.20. The number of hydrogen-bond acceptors (Lipinski definition) is 5. The zero-order valence-electron chi connectivity index (χ0n) is 15.5. The van der Waals surface area contributed by atoms with E-state index in [0.717, 1.165) is 30.3 Å². The zero-order valence-corrected chi connectivity index (χ0v) is 15.5. The summed E-state index contributed by atoms with van der Waals surface area (Å²) in [6, 6.07) is 15.1. The lowest BCUT2D eigenvalue weighted by Crippen LogP contribution is -2.28. The van der Waals surface area contributed by atoms with Crippen LogP contribution in [-0.2, 0) is 0 Å². The molecule has 1 fully saturated rings. The predicted octanol–water partition coefficient (Wildman–Crippen LogP) is 5.17. The van der Waals surface area contributed by atoms with Gasteiger partial charge in [-0.25, -0.2) is 0 Å². The summed E-state index contributed by atoms with van der Waals surface area (Å²) in [5, 5.41) is 3.51. The number of para-hydroxylation sites is 2. The van der Waals surface area contributed by atoms with Crippen molar-refractivity contribution in [3.8, 4) is 17.6 Å². The maximum atomic E-state index is 5.79. The number of nitrogens with zero attached hydrogens (tertiary/aromatic N) is 1. The third-order valence-corrected chi connectivity index (χ3v) is 5.01. The molecular formula is C22H26N2O3. The summed E-state index contributed by atoms with van der Waals surface area (Å²) in [6.07, 6.45) is 7.18. The minimum atomic E-state index is 0.247. The predicted molar refractivity (Wildman–Crippen MR) is 105 cm³/mol. The van der Waals surface area contributed by atoms with E-state index in [1.807, 2.05) is 48.5 Å². The van der Waals surface area contributed by atoms with Gasteiger partial charge in [-0.15, -0.1) is 0 Å². The molecule has 1 heterocycles. The standard InChI is InChI=1S/C22H26N2O3/c1-2-6-17(7-3-1)16-23-14-15-25-18-10-12-19(13-11-18)26-22-24-20-8-4-5-9-21(20)27-22/h4-5,8-13,17,23H,1-3,6-7,14-16H2. The molecule has 1 aliphatic carbocycles. The highest BCUT2D eigenvalue weighted by Gasteiger charge is 2.12. The lowest BCUT2D eigenvalue weighted by molar-refractivity contribution is 0.294. The zero-order chi connectivity index (χ0) is 18.3. The number of nitrogens with one attached hydrogen (secondary N) is 1. The Morgan fingerprint density at radius 1 is 0.963 bits per heavy atom. The molecule has 5 heteroatoms. The summed E-state index contributed by atoms with van der Waals surface area (Å²) in [4.78, 5) is 4.31. The highest BCUT2D eigenvalue weighted by Crippen LogP contribution is 2.26. The smallest absolute Gasteiger partial charge is 0.400 e.